The van der Waals surface area contributed by atoms with E-state index in [2.05, 4.69) is 0 Å². The van der Waals surface area contributed by atoms with Gasteiger partial charge in [-0.05, 0) is 72.0 Å². The average molecular weight is 442 g/mol. The molecule has 1 saturated carbocycles. The number of hydrogen-bond donors (Lipinski definition) is 0. The number of carbonyl (C=O) groups is 2. The van der Waals surface area contributed by atoms with Gasteiger partial charge in [-0.15, -0.1) is 0 Å². The van der Waals surface area contributed by atoms with Gasteiger partial charge in [0.25, 0.3) is 11.1 Å². The van der Waals surface area contributed by atoms with Crippen molar-refractivity contribution in [3.05, 3.63) is 69.6 Å². The molecule has 4 rings (SSSR count). The molecule has 2 aliphatic rings. The third kappa shape index (κ3) is 5.27. The largest absolute Gasteiger partial charge is 0.489 e. The first kappa shape index (κ1) is 21.0. The fourth-order valence-corrected chi connectivity index (χ4v) is 4.82. The van der Waals surface area contributed by atoms with Crippen LogP contribution in [0.25, 0.3) is 6.08 Å². The van der Waals surface area contributed by atoms with Crippen LogP contribution in [0.5, 0.6) is 5.75 Å². The molecule has 30 heavy (non-hydrogen) atoms. The fourth-order valence-electron chi connectivity index (χ4n) is 3.84. The van der Waals surface area contributed by atoms with Crippen molar-refractivity contribution < 1.29 is 14.3 Å². The summed E-state index contributed by atoms with van der Waals surface area (Å²) in [5.74, 6) is 1.02. The topological polar surface area (TPSA) is 46.6 Å². The van der Waals surface area contributed by atoms with Crippen molar-refractivity contribution in [2.24, 2.45) is 5.92 Å². The molecule has 1 heterocycles. The molecule has 6 heteroatoms. The number of benzene rings is 2. The average Bonchev–Trinajstić information content (AvgIpc) is 3.02. The molecule has 2 amide bonds. The van der Waals surface area contributed by atoms with Crippen LogP contribution in [-0.2, 0) is 11.4 Å². The number of imide groups is 1. The van der Waals surface area contributed by atoms with E-state index in [9.17, 15) is 9.59 Å². The van der Waals surface area contributed by atoms with E-state index in [1.807, 2.05) is 48.5 Å². The summed E-state index contributed by atoms with van der Waals surface area (Å²) in [6.07, 6.45) is 7.66. The molecule has 0 N–H and O–H groups in total. The molecule has 0 bridgehead atoms. The zero-order valence-electron chi connectivity index (χ0n) is 16.7. The van der Waals surface area contributed by atoms with Crippen LogP contribution in [0.4, 0.5) is 4.79 Å². The van der Waals surface area contributed by atoms with Gasteiger partial charge in [-0.2, -0.15) is 0 Å². The van der Waals surface area contributed by atoms with Gasteiger partial charge in [-0.1, -0.05) is 55.1 Å². The van der Waals surface area contributed by atoms with Gasteiger partial charge >= 0.3 is 0 Å². The number of ether oxygens (including phenoxy) is 1. The number of amides is 2. The molecular formula is C24H24ClNO3S. The second kappa shape index (κ2) is 9.71. The standard InChI is InChI=1S/C24H24ClNO3S/c25-20-10-6-19(7-11-20)16-29-21-12-8-17(9-13-21)14-22-23(27)26(24(28)30-22)15-18-4-2-1-3-5-18/h6-14,18H,1-5,15-16H2/b22-14+. The van der Waals surface area contributed by atoms with Crippen LogP contribution in [0.15, 0.2) is 53.4 Å². The molecule has 0 unspecified atom stereocenters. The van der Waals surface area contributed by atoms with Gasteiger partial charge < -0.3 is 4.74 Å². The van der Waals surface area contributed by atoms with E-state index in [0.29, 0.717) is 29.0 Å². The highest BCUT2D eigenvalue weighted by atomic mass is 35.5. The summed E-state index contributed by atoms with van der Waals surface area (Å²) in [4.78, 5) is 27.0. The lowest BCUT2D eigenvalue weighted by Gasteiger charge is -2.25. The molecule has 1 saturated heterocycles. The Kier molecular flexibility index (Phi) is 6.80. The molecule has 2 aromatic rings. The molecule has 0 aromatic heterocycles. The lowest BCUT2D eigenvalue weighted by Crippen LogP contribution is -2.34. The predicted octanol–water partition coefficient (Wildman–Crippen LogP) is 6.54. The maximum atomic E-state index is 12.7. The monoisotopic (exact) mass is 441 g/mol. The first-order valence-corrected chi connectivity index (χ1v) is 11.5. The van der Waals surface area contributed by atoms with Crippen molar-refractivity contribution in [2.75, 3.05) is 6.54 Å². The van der Waals surface area contributed by atoms with Crippen molar-refractivity contribution in [1.82, 2.24) is 4.90 Å². The summed E-state index contributed by atoms with van der Waals surface area (Å²) < 4.78 is 5.80. The quantitative estimate of drug-likeness (QED) is 0.477. The zero-order chi connectivity index (χ0) is 20.9. The van der Waals surface area contributed by atoms with Crippen molar-refractivity contribution in [1.29, 1.82) is 0 Å². The van der Waals surface area contributed by atoms with Crippen molar-refractivity contribution in [3.8, 4) is 5.75 Å². The normalized spacial score (nSPS) is 19.0. The Hall–Kier alpha value is -2.24. The minimum absolute atomic E-state index is 0.153. The Morgan fingerprint density at radius 2 is 1.70 bits per heavy atom. The van der Waals surface area contributed by atoms with Crippen molar-refractivity contribution in [2.45, 2.75) is 38.7 Å². The van der Waals surface area contributed by atoms with Crippen LogP contribution in [-0.4, -0.2) is 22.6 Å². The van der Waals surface area contributed by atoms with Gasteiger partial charge in [0.1, 0.15) is 12.4 Å². The molecular weight excluding hydrogens is 418 g/mol. The van der Waals surface area contributed by atoms with Gasteiger partial charge in [-0.3, -0.25) is 14.5 Å². The molecule has 1 aliphatic heterocycles. The Morgan fingerprint density at radius 3 is 2.40 bits per heavy atom. The maximum Gasteiger partial charge on any atom is 0.293 e. The van der Waals surface area contributed by atoms with E-state index in [1.165, 1.54) is 24.2 Å². The number of carbonyl (C=O) groups excluding carboxylic acids is 2. The van der Waals surface area contributed by atoms with E-state index < -0.39 is 0 Å². The third-order valence-corrected chi connectivity index (χ3v) is 6.70. The minimum Gasteiger partial charge on any atom is -0.489 e. The number of halogens is 1. The molecule has 2 fully saturated rings. The van der Waals surface area contributed by atoms with E-state index in [1.54, 1.807) is 6.08 Å². The molecule has 4 nitrogen and oxygen atoms in total. The Morgan fingerprint density at radius 1 is 1.00 bits per heavy atom. The van der Waals surface area contributed by atoms with Crippen LogP contribution in [0.1, 0.15) is 43.2 Å². The highest BCUT2D eigenvalue weighted by Gasteiger charge is 2.36. The second-order valence-electron chi connectivity index (χ2n) is 7.78. The summed E-state index contributed by atoms with van der Waals surface area (Å²) in [5.41, 5.74) is 1.91. The van der Waals surface area contributed by atoms with Gasteiger partial charge in [0.05, 0.1) is 4.91 Å². The molecule has 156 valence electrons. The highest BCUT2D eigenvalue weighted by molar-refractivity contribution is 8.18. The summed E-state index contributed by atoms with van der Waals surface area (Å²) >= 11 is 6.93. The number of hydrogen-bond acceptors (Lipinski definition) is 4. The van der Waals surface area contributed by atoms with Gasteiger partial charge in [0.2, 0.25) is 0 Å². The van der Waals surface area contributed by atoms with E-state index in [4.69, 9.17) is 16.3 Å². The lowest BCUT2D eigenvalue weighted by molar-refractivity contribution is -0.123. The van der Waals surface area contributed by atoms with E-state index in [-0.39, 0.29) is 11.1 Å². The fraction of sp³-hybridized carbons (Fsp3) is 0.333. The Balaban J connectivity index is 1.36. The highest BCUT2D eigenvalue weighted by Crippen LogP contribution is 2.35. The molecule has 0 atom stereocenters. The van der Waals surface area contributed by atoms with Gasteiger partial charge in [0.15, 0.2) is 0 Å². The molecule has 0 radical (unpaired) electrons. The second-order valence-corrected chi connectivity index (χ2v) is 9.21. The molecule has 2 aromatic carbocycles. The molecule has 0 spiro atoms. The van der Waals surface area contributed by atoms with Crippen LogP contribution >= 0.6 is 23.4 Å². The Labute approximate surface area is 186 Å². The van der Waals surface area contributed by atoms with Gasteiger partial charge in [-0.25, -0.2) is 0 Å². The summed E-state index contributed by atoms with van der Waals surface area (Å²) in [6.45, 7) is 1.01. The van der Waals surface area contributed by atoms with Crippen LogP contribution in [0.3, 0.4) is 0 Å². The Bertz CT molecular complexity index is 934. The van der Waals surface area contributed by atoms with Crippen LogP contribution < -0.4 is 4.74 Å². The third-order valence-electron chi connectivity index (χ3n) is 5.54. The number of thioether (sulfide) groups is 1. The maximum absolute atomic E-state index is 12.7. The number of rotatable bonds is 6. The summed E-state index contributed by atoms with van der Waals surface area (Å²) in [6, 6.07) is 15.1. The first-order valence-electron chi connectivity index (χ1n) is 10.3. The lowest BCUT2D eigenvalue weighted by atomic mass is 9.89. The number of nitrogens with zero attached hydrogens (tertiary/aromatic N) is 1. The van der Waals surface area contributed by atoms with Crippen LogP contribution in [0, 0.1) is 5.92 Å². The van der Waals surface area contributed by atoms with Crippen molar-refractivity contribution >= 4 is 40.6 Å². The van der Waals surface area contributed by atoms with Crippen molar-refractivity contribution in [3.63, 3.8) is 0 Å². The minimum atomic E-state index is -0.168. The first-order chi connectivity index (χ1) is 14.6. The van der Waals surface area contributed by atoms with Crippen LogP contribution in [0.2, 0.25) is 5.02 Å². The SMILES string of the molecule is O=C1S/C(=C/c2ccc(OCc3ccc(Cl)cc3)cc2)C(=O)N1CC1CCCCC1. The molecule has 1 aliphatic carbocycles. The van der Waals surface area contributed by atoms with Gasteiger partial charge in [0, 0.05) is 11.6 Å². The van der Waals surface area contributed by atoms with E-state index in [0.717, 1.165) is 41.5 Å². The predicted molar refractivity (Wildman–Crippen MR) is 121 cm³/mol. The zero-order valence-corrected chi connectivity index (χ0v) is 18.3. The van der Waals surface area contributed by atoms with E-state index >= 15 is 0 Å². The smallest absolute Gasteiger partial charge is 0.293 e. The summed E-state index contributed by atoms with van der Waals surface area (Å²) in [7, 11) is 0. The summed E-state index contributed by atoms with van der Waals surface area (Å²) in [5, 5.41) is 0.547.